The van der Waals surface area contributed by atoms with E-state index in [-0.39, 0.29) is 28.8 Å². The molecule has 0 radical (unpaired) electrons. The van der Waals surface area contributed by atoms with Crippen molar-refractivity contribution in [1.82, 2.24) is 5.32 Å². The SMILES string of the molecule is O=C(CN(c1ccccc1Cl)S(=O)(=O)c1ccccc1)NCCOc1ccccc1Cl. The van der Waals surface area contributed by atoms with E-state index in [9.17, 15) is 13.2 Å². The number of carbonyl (C=O) groups excluding carboxylic acids is 1. The van der Waals surface area contributed by atoms with Crippen LogP contribution in [0.2, 0.25) is 10.0 Å². The molecule has 0 bridgehead atoms. The van der Waals surface area contributed by atoms with E-state index in [1.54, 1.807) is 66.7 Å². The van der Waals surface area contributed by atoms with Crippen LogP contribution < -0.4 is 14.4 Å². The second-order valence-electron chi connectivity index (χ2n) is 6.40. The van der Waals surface area contributed by atoms with Gasteiger partial charge < -0.3 is 10.1 Å². The van der Waals surface area contributed by atoms with Crippen LogP contribution in [0.1, 0.15) is 0 Å². The van der Waals surface area contributed by atoms with Crippen molar-refractivity contribution in [3.05, 3.63) is 88.9 Å². The van der Waals surface area contributed by atoms with E-state index >= 15 is 0 Å². The number of hydrogen-bond donors (Lipinski definition) is 1. The van der Waals surface area contributed by atoms with E-state index in [1.165, 1.54) is 12.1 Å². The summed E-state index contributed by atoms with van der Waals surface area (Å²) in [5, 5.41) is 3.34. The fourth-order valence-corrected chi connectivity index (χ4v) is 4.71. The molecule has 1 amide bonds. The van der Waals surface area contributed by atoms with Gasteiger partial charge in [-0.1, -0.05) is 65.7 Å². The summed E-state index contributed by atoms with van der Waals surface area (Å²) in [6.45, 7) is -0.0914. The van der Waals surface area contributed by atoms with Gasteiger partial charge in [-0.2, -0.15) is 0 Å². The fourth-order valence-electron chi connectivity index (χ4n) is 2.77. The Hall–Kier alpha value is -2.74. The highest BCUT2D eigenvalue weighted by atomic mass is 35.5. The van der Waals surface area contributed by atoms with Crippen molar-refractivity contribution < 1.29 is 17.9 Å². The molecule has 0 saturated carbocycles. The Morgan fingerprint density at radius 3 is 2.16 bits per heavy atom. The highest BCUT2D eigenvalue weighted by molar-refractivity contribution is 7.92. The molecule has 0 aliphatic rings. The van der Waals surface area contributed by atoms with Crippen molar-refractivity contribution in [2.75, 3.05) is 24.0 Å². The molecular weight excluding hydrogens is 459 g/mol. The number of sulfonamides is 1. The number of halogens is 2. The van der Waals surface area contributed by atoms with E-state index in [4.69, 9.17) is 27.9 Å². The smallest absolute Gasteiger partial charge is 0.264 e. The minimum Gasteiger partial charge on any atom is -0.490 e. The summed E-state index contributed by atoms with van der Waals surface area (Å²) >= 11 is 12.3. The van der Waals surface area contributed by atoms with Crippen LogP contribution >= 0.6 is 23.2 Å². The zero-order valence-electron chi connectivity index (χ0n) is 16.4. The summed E-state index contributed by atoms with van der Waals surface area (Å²) in [4.78, 5) is 12.6. The first-order valence-electron chi connectivity index (χ1n) is 9.36. The zero-order valence-corrected chi connectivity index (χ0v) is 18.7. The third-order valence-corrected chi connectivity index (χ3v) is 6.66. The molecule has 31 heavy (non-hydrogen) atoms. The molecule has 0 aliphatic heterocycles. The number of ether oxygens (including phenoxy) is 1. The quantitative estimate of drug-likeness (QED) is 0.462. The van der Waals surface area contributed by atoms with Gasteiger partial charge in [0.1, 0.15) is 18.9 Å². The van der Waals surface area contributed by atoms with Crippen LogP contribution in [0.25, 0.3) is 0 Å². The Labute approximate surface area is 191 Å². The van der Waals surface area contributed by atoms with Gasteiger partial charge in [0.2, 0.25) is 5.91 Å². The molecule has 0 fully saturated rings. The summed E-state index contributed by atoms with van der Waals surface area (Å²) in [7, 11) is -4.01. The molecule has 3 aromatic carbocycles. The van der Waals surface area contributed by atoms with Gasteiger partial charge in [0.25, 0.3) is 10.0 Å². The predicted molar refractivity (Wildman–Crippen MR) is 122 cm³/mol. The Morgan fingerprint density at radius 2 is 1.48 bits per heavy atom. The summed E-state index contributed by atoms with van der Waals surface area (Å²) in [6.07, 6.45) is 0. The van der Waals surface area contributed by atoms with Crippen LogP contribution in [0.5, 0.6) is 5.75 Å². The fraction of sp³-hybridized carbons (Fsp3) is 0.136. The van der Waals surface area contributed by atoms with Gasteiger partial charge >= 0.3 is 0 Å². The van der Waals surface area contributed by atoms with E-state index in [1.807, 2.05) is 0 Å². The largest absolute Gasteiger partial charge is 0.490 e. The van der Waals surface area contributed by atoms with E-state index in [0.717, 1.165) is 4.31 Å². The zero-order chi connectivity index (χ0) is 22.3. The van der Waals surface area contributed by atoms with Gasteiger partial charge in [0.15, 0.2) is 0 Å². The van der Waals surface area contributed by atoms with Gasteiger partial charge in [-0.3, -0.25) is 9.10 Å². The van der Waals surface area contributed by atoms with E-state index in [2.05, 4.69) is 5.32 Å². The minimum atomic E-state index is -4.01. The van der Waals surface area contributed by atoms with Crippen molar-refractivity contribution in [3.8, 4) is 5.75 Å². The lowest BCUT2D eigenvalue weighted by molar-refractivity contribution is -0.119. The maximum absolute atomic E-state index is 13.2. The first-order chi connectivity index (χ1) is 14.9. The molecule has 0 unspecified atom stereocenters. The summed E-state index contributed by atoms with van der Waals surface area (Å²) < 4.78 is 33.0. The van der Waals surface area contributed by atoms with E-state index in [0.29, 0.717) is 10.8 Å². The van der Waals surface area contributed by atoms with Crippen molar-refractivity contribution in [3.63, 3.8) is 0 Å². The molecule has 6 nitrogen and oxygen atoms in total. The van der Waals surface area contributed by atoms with Gasteiger partial charge in [-0.15, -0.1) is 0 Å². The Balaban J connectivity index is 1.71. The second kappa shape index (κ2) is 10.5. The van der Waals surface area contributed by atoms with Gasteiger partial charge in [0.05, 0.1) is 27.2 Å². The molecule has 9 heteroatoms. The first-order valence-corrected chi connectivity index (χ1v) is 11.6. The molecule has 3 aromatic rings. The van der Waals surface area contributed by atoms with Crippen molar-refractivity contribution in [2.45, 2.75) is 4.90 Å². The lowest BCUT2D eigenvalue weighted by atomic mass is 10.3. The average Bonchev–Trinajstić information content (AvgIpc) is 2.77. The summed E-state index contributed by atoms with van der Waals surface area (Å²) in [5.74, 6) is 0.00458. The number of anilines is 1. The topological polar surface area (TPSA) is 75.7 Å². The van der Waals surface area contributed by atoms with Gasteiger partial charge in [-0.25, -0.2) is 8.42 Å². The Bertz CT molecular complexity index is 1140. The van der Waals surface area contributed by atoms with Crippen LogP contribution in [-0.4, -0.2) is 34.0 Å². The standard InChI is InChI=1S/C22H20Cl2N2O4S/c23-18-10-4-6-12-20(18)26(31(28,29)17-8-2-1-3-9-17)16-22(27)25-14-15-30-21-13-7-5-11-19(21)24/h1-13H,14-16H2,(H,25,27). The number of hydrogen-bond acceptors (Lipinski definition) is 4. The maximum Gasteiger partial charge on any atom is 0.264 e. The third kappa shape index (κ3) is 5.91. The van der Waals surface area contributed by atoms with Crippen molar-refractivity contribution >= 4 is 44.8 Å². The van der Waals surface area contributed by atoms with Crippen LogP contribution in [0.3, 0.4) is 0 Å². The maximum atomic E-state index is 13.2. The van der Waals surface area contributed by atoms with Crippen molar-refractivity contribution in [1.29, 1.82) is 0 Å². The summed E-state index contributed by atoms with van der Waals surface area (Å²) in [5.41, 5.74) is 0.218. The molecule has 0 aromatic heterocycles. The number of amides is 1. The highest BCUT2D eigenvalue weighted by Crippen LogP contribution is 2.30. The predicted octanol–water partition coefficient (Wildman–Crippen LogP) is 4.38. The number of para-hydroxylation sites is 2. The number of carbonyl (C=O) groups is 1. The minimum absolute atomic E-state index is 0.0600. The monoisotopic (exact) mass is 478 g/mol. The molecular formula is C22H20Cl2N2O4S. The second-order valence-corrected chi connectivity index (χ2v) is 9.08. The Morgan fingerprint density at radius 1 is 0.871 bits per heavy atom. The number of benzene rings is 3. The van der Waals surface area contributed by atoms with Crippen LogP contribution in [0, 0.1) is 0 Å². The molecule has 3 rings (SSSR count). The normalized spacial score (nSPS) is 11.0. The molecule has 0 aliphatic carbocycles. The Kier molecular flexibility index (Phi) is 7.79. The van der Waals surface area contributed by atoms with Crippen molar-refractivity contribution in [2.24, 2.45) is 0 Å². The highest BCUT2D eigenvalue weighted by Gasteiger charge is 2.28. The number of rotatable bonds is 9. The molecule has 0 atom stereocenters. The lowest BCUT2D eigenvalue weighted by Gasteiger charge is -2.25. The first kappa shape index (κ1) is 22.9. The average molecular weight is 479 g/mol. The van der Waals surface area contributed by atoms with Crippen LogP contribution in [0.15, 0.2) is 83.8 Å². The van der Waals surface area contributed by atoms with Gasteiger partial charge in [-0.05, 0) is 36.4 Å². The molecule has 0 heterocycles. The van der Waals surface area contributed by atoms with Crippen LogP contribution in [-0.2, 0) is 14.8 Å². The molecule has 1 N–H and O–H groups in total. The number of nitrogens with one attached hydrogen (secondary N) is 1. The summed E-state index contributed by atoms with van der Waals surface area (Å²) in [6, 6.07) is 21.3. The number of nitrogens with zero attached hydrogens (tertiary/aromatic N) is 1. The lowest BCUT2D eigenvalue weighted by Crippen LogP contribution is -2.42. The van der Waals surface area contributed by atoms with E-state index < -0.39 is 22.5 Å². The molecule has 0 spiro atoms. The molecule has 162 valence electrons. The third-order valence-electron chi connectivity index (χ3n) is 4.26. The molecule has 0 saturated heterocycles. The van der Waals surface area contributed by atoms with Gasteiger partial charge in [0, 0.05) is 0 Å². The van der Waals surface area contributed by atoms with Crippen LogP contribution in [0.4, 0.5) is 5.69 Å².